The van der Waals surface area contributed by atoms with Crippen molar-refractivity contribution in [1.82, 2.24) is 10.2 Å². The molecule has 1 aromatic carbocycles. The van der Waals surface area contributed by atoms with Gasteiger partial charge in [0, 0.05) is 17.1 Å². The Morgan fingerprint density at radius 1 is 1.30 bits per heavy atom. The Morgan fingerprint density at radius 2 is 1.90 bits per heavy atom. The molecule has 0 heterocycles. The molecule has 5 heteroatoms. The normalized spacial score (nSPS) is 11.1. The minimum atomic E-state index is -0.300. The van der Waals surface area contributed by atoms with E-state index in [1.165, 1.54) is 4.90 Å². The lowest BCUT2D eigenvalue weighted by Crippen LogP contribution is -2.46. The van der Waals surface area contributed by atoms with E-state index in [-0.39, 0.29) is 23.9 Å². The number of nitrogens with zero attached hydrogens (tertiary/aromatic N) is 1. The molecule has 2 amide bonds. The van der Waals surface area contributed by atoms with Crippen molar-refractivity contribution in [3.05, 3.63) is 33.8 Å². The number of amides is 2. The van der Waals surface area contributed by atoms with Gasteiger partial charge in [-0.1, -0.05) is 6.07 Å². The van der Waals surface area contributed by atoms with Gasteiger partial charge in [-0.3, -0.25) is 9.59 Å². The predicted octanol–water partition coefficient (Wildman–Crippen LogP) is 2.74. The van der Waals surface area contributed by atoms with Gasteiger partial charge in [-0.2, -0.15) is 0 Å². The average Bonchev–Trinajstić information content (AvgIpc) is 2.25. The van der Waals surface area contributed by atoms with Crippen molar-refractivity contribution in [3.63, 3.8) is 0 Å². The maximum Gasteiger partial charge on any atom is 0.255 e. The summed E-state index contributed by atoms with van der Waals surface area (Å²) in [7, 11) is 1.62. The summed E-state index contributed by atoms with van der Waals surface area (Å²) >= 11 is 3.38. The van der Waals surface area contributed by atoms with Crippen molar-refractivity contribution < 1.29 is 9.59 Å². The van der Waals surface area contributed by atoms with Gasteiger partial charge in [0.05, 0.1) is 12.1 Å². The molecular weight excluding hydrogens is 320 g/mol. The first kappa shape index (κ1) is 16.7. The molecule has 0 unspecified atom stereocenters. The molecule has 0 aliphatic heterocycles. The molecule has 1 rings (SSSR count). The number of benzene rings is 1. The number of carbonyl (C=O) groups is 2. The van der Waals surface area contributed by atoms with Crippen LogP contribution in [0.2, 0.25) is 0 Å². The molecule has 0 saturated heterocycles. The summed E-state index contributed by atoms with van der Waals surface area (Å²) in [6.07, 6.45) is 0. The number of halogens is 1. The summed E-state index contributed by atoms with van der Waals surface area (Å²) < 4.78 is 0.741. The first-order valence-corrected chi connectivity index (χ1v) is 7.22. The molecule has 0 radical (unpaired) electrons. The molecule has 110 valence electrons. The summed E-state index contributed by atoms with van der Waals surface area (Å²) in [4.78, 5) is 25.5. The highest BCUT2D eigenvalue weighted by molar-refractivity contribution is 9.10. The third-order valence-corrected chi connectivity index (χ3v) is 3.25. The van der Waals surface area contributed by atoms with Gasteiger partial charge in [-0.15, -0.1) is 0 Å². The van der Waals surface area contributed by atoms with E-state index >= 15 is 0 Å². The van der Waals surface area contributed by atoms with E-state index in [0.29, 0.717) is 5.56 Å². The lowest BCUT2D eigenvalue weighted by molar-refractivity contribution is -0.122. The zero-order chi connectivity index (χ0) is 15.5. The van der Waals surface area contributed by atoms with E-state index in [4.69, 9.17) is 0 Å². The van der Waals surface area contributed by atoms with Gasteiger partial charge in [0.1, 0.15) is 0 Å². The van der Waals surface area contributed by atoms with Gasteiger partial charge in [-0.05, 0) is 61.3 Å². The lowest BCUT2D eigenvalue weighted by atomic mass is 10.1. The molecule has 0 aliphatic carbocycles. The van der Waals surface area contributed by atoms with Crippen LogP contribution >= 0.6 is 15.9 Å². The maximum absolute atomic E-state index is 12.3. The third kappa shape index (κ3) is 4.96. The number of carbonyl (C=O) groups excluding carboxylic acids is 2. The molecule has 0 saturated carbocycles. The van der Waals surface area contributed by atoms with Crippen LogP contribution in [0, 0.1) is 6.92 Å². The number of nitrogens with one attached hydrogen (secondary N) is 1. The van der Waals surface area contributed by atoms with Gasteiger partial charge in [0.25, 0.3) is 5.91 Å². The van der Waals surface area contributed by atoms with E-state index in [0.717, 1.165) is 10.0 Å². The quantitative estimate of drug-likeness (QED) is 0.919. The van der Waals surface area contributed by atoms with Gasteiger partial charge in [-0.25, -0.2) is 0 Å². The van der Waals surface area contributed by atoms with Crippen LogP contribution in [-0.2, 0) is 4.79 Å². The second-order valence-corrected chi connectivity index (χ2v) is 6.80. The fourth-order valence-corrected chi connectivity index (χ4v) is 2.41. The van der Waals surface area contributed by atoms with E-state index in [9.17, 15) is 9.59 Å². The maximum atomic E-state index is 12.3. The number of hydrogen-bond donors (Lipinski definition) is 1. The highest BCUT2D eigenvalue weighted by Crippen LogP contribution is 2.19. The Morgan fingerprint density at radius 3 is 2.40 bits per heavy atom. The summed E-state index contributed by atoms with van der Waals surface area (Å²) in [5.41, 5.74) is 1.33. The molecular formula is C15H21BrN2O2. The fourth-order valence-electron chi connectivity index (χ4n) is 1.74. The first-order valence-electron chi connectivity index (χ1n) is 6.43. The molecule has 1 N–H and O–H groups in total. The second kappa shape index (κ2) is 6.39. The predicted molar refractivity (Wildman–Crippen MR) is 83.7 cm³/mol. The smallest absolute Gasteiger partial charge is 0.255 e. The van der Waals surface area contributed by atoms with Gasteiger partial charge >= 0.3 is 0 Å². The van der Waals surface area contributed by atoms with Gasteiger partial charge < -0.3 is 10.2 Å². The van der Waals surface area contributed by atoms with Gasteiger partial charge in [0.15, 0.2) is 0 Å². The average molecular weight is 341 g/mol. The summed E-state index contributed by atoms with van der Waals surface area (Å²) in [5.74, 6) is -0.350. The van der Waals surface area contributed by atoms with Gasteiger partial charge in [0.2, 0.25) is 5.91 Å². The number of aryl methyl sites for hydroxylation is 1. The van der Waals surface area contributed by atoms with Crippen LogP contribution in [0.3, 0.4) is 0 Å². The highest BCUT2D eigenvalue weighted by atomic mass is 79.9. The van der Waals surface area contributed by atoms with E-state index < -0.39 is 0 Å². The molecule has 0 aromatic heterocycles. The fraction of sp³-hybridized carbons (Fsp3) is 0.467. The molecule has 0 spiro atoms. The molecule has 20 heavy (non-hydrogen) atoms. The number of likely N-dealkylation sites (N-methyl/N-ethyl adjacent to an activating group) is 1. The minimum absolute atomic E-state index is 0.0381. The highest BCUT2D eigenvalue weighted by Gasteiger charge is 2.20. The largest absolute Gasteiger partial charge is 0.350 e. The van der Waals surface area contributed by atoms with E-state index in [1.54, 1.807) is 13.1 Å². The molecule has 0 fully saturated rings. The Bertz CT molecular complexity index is 521. The zero-order valence-corrected chi connectivity index (χ0v) is 14.2. The monoisotopic (exact) mass is 340 g/mol. The topological polar surface area (TPSA) is 49.4 Å². The van der Waals surface area contributed by atoms with Crippen molar-refractivity contribution in [1.29, 1.82) is 0 Å². The van der Waals surface area contributed by atoms with Crippen molar-refractivity contribution >= 4 is 27.7 Å². The van der Waals surface area contributed by atoms with E-state index in [1.807, 2.05) is 39.8 Å². The molecule has 1 aromatic rings. The molecule has 4 nitrogen and oxygen atoms in total. The van der Waals surface area contributed by atoms with Crippen molar-refractivity contribution in [2.75, 3.05) is 13.6 Å². The third-order valence-electron chi connectivity index (χ3n) is 2.60. The Balaban J connectivity index is 2.75. The Labute approximate surface area is 128 Å². The summed E-state index contributed by atoms with van der Waals surface area (Å²) in [6, 6.07) is 5.53. The van der Waals surface area contributed by atoms with Crippen LogP contribution in [0.5, 0.6) is 0 Å². The van der Waals surface area contributed by atoms with Crippen LogP contribution in [0.15, 0.2) is 22.7 Å². The van der Waals surface area contributed by atoms with Crippen LogP contribution < -0.4 is 5.32 Å². The van der Waals surface area contributed by atoms with Crippen LogP contribution in [0.4, 0.5) is 0 Å². The summed E-state index contributed by atoms with van der Waals surface area (Å²) in [6.45, 7) is 7.71. The standard InChI is InChI=1S/C15H21BrN2O2/c1-10-6-7-11(12(16)8-10)14(20)18(5)9-13(19)17-15(2,3)4/h6-8H,9H2,1-5H3,(H,17,19). The van der Waals surface area contributed by atoms with Crippen LogP contribution in [-0.4, -0.2) is 35.8 Å². The molecule has 0 bridgehead atoms. The number of rotatable bonds is 3. The zero-order valence-electron chi connectivity index (χ0n) is 12.6. The molecule has 0 atom stereocenters. The van der Waals surface area contributed by atoms with Crippen LogP contribution in [0.1, 0.15) is 36.7 Å². The van der Waals surface area contributed by atoms with Crippen molar-refractivity contribution in [2.24, 2.45) is 0 Å². The Kier molecular flexibility index (Phi) is 5.34. The number of hydrogen-bond acceptors (Lipinski definition) is 2. The van der Waals surface area contributed by atoms with Crippen molar-refractivity contribution in [3.8, 4) is 0 Å². The first-order chi connectivity index (χ1) is 9.10. The summed E-state index contributed by atoms with van der Waals surface area (Å²) in [5, 5.41) is 2.84. The SMILES string of the molecule is Cc1ccc(C(=O)N(C)CC(=O)NC(C)(C)C)c(Br)c1. The minimum Gasteiger partial charge on any atom is -0.350 e. The molecule has 0 aliphatic rings. The van der Waals surface area contributed by atoms with E-state index in [2.05, 4.69) is 21.2 Å². The van der Waals surface area contributed by atoms with Crippen LogP contribution in [0.25, 0.3) is 0 Å². The lowest BCUT2D eigenvalue weighted by Gasteiger charge is -2.23. The van der Waals surface area contributed by atoms with Crippen molar-refractivity contribution in [2.45, 2.75) is 33.2 Å². The second-order valence-electron chi connectivity index (χ2n) is 5.94. The Hall–Kier alpha value is -1.36.